The standard InChI is InChI=1S/C23H25NO6/c1-23(2,3)30-22(28)24-19(21(26)27)12-20(25)29-13-18-16-10-6-4-8-14(16)15-9-5-7-11-17(15)18/h4-11,18-19H,12-13H2,1-3H3,(H,24,28)(H,26,27)/t19-/m0/s1. The van der Waals surface area contributed by atoms with Gasteiger partial charge in [0.25, 0.3) is 0 Å². The molecule has 2 aromatic carbocycles. The molecule has 1 atom stereocenters. The number of carboxylic acids is 1. The fourth-order valence-corrected chi connectivity index (χ4v) is 3.49. The molecule has 0 heterocycles. The zero-order valence-corrected chi connectivity index (χ0v) is 17.2. The van der Waals surface area contributed by atoms with Gasteiger partial charge in [-0.15, -0.1) is 0 Å². The second kappa shape index (κ2) is 8.57. The normalized spacial score (nSPS) is 13.7. The number of carbonyl (C=O) groups excluding carboxylic acids is 2. The van der Waals surface area contributed by atoms with Gasteiger partial charge in [0.1, 0.15) is 18.2 Å². The summed E-state index contributed by atoms with van der Waals surface area (Å²) in [4.78, 5) is 35.6. The van der Waals surface area contributed by atoms with Crippen LogP contribution in [0.4, 0.5) is 4.79 Å². The molecule has 7 heteroatoms. The van der Waals surface area contributed by atoms with Gasteiger partial charge in [0.2, 0.25) is 0 Å². The van der Waals surface area contributed by atoms with Gasteiger partial charge in [-0.3, -0.25) is 4.79 Å². The minimum absolute atomic E-state index is 0.0889. The van der Waals surface area contributed by atoms with Gasteiger partial charge in [-0.25, -0.2) is 9.59 Å². The van der Waals surface area contributed by atoms with E-state index in [1.54, 1.807) is 20.8 Å². The molecule has 0 aromatic heterocycles. The molecule has 30 heavy (non-hydrogen) atoms. The SMILES string of the molecule is CC(C)(C)OC(=O)N[C@@H](CC(=O)OCC1c2ccccc2-c2ccccc21)C(=O)O. The fourth-order valence-electron chi connectivity index (χ4n) is 3.49. The van der Waals surface area contributed by atoms with Crippen LogP contribution in [0.15, 0.2) is 48.5 Å². The Hall–Kier alpha value is -3.35. The maximum atomic E-state index is 12.3. The maximum absolute atomic E-state index is 12.3. The summed E-state index contributed by atoms with van der Waals surface area (Å²) < 4.78 is 10.5. The Kier molecular flexibility index (Phi) is 6.10. The van der Waals surface area contributed by atoms with Crippen molar-refractivity contribution in [3.8, 4) is 11.1 Å². The topological polar surface area (TPSA) is 102 Å². The number of hydrogen-bond acceptors (Lipinski definition) is 5. The molecule has 2 N–H and O–H groups in total. The van der Waals surface area contributed by atoms with E-state index in [1.807, 2.05) is 48.5 Å². The average molecular weight is 411 g/mol. The lowest BCUT2D eigenvalue weighted by Crippen LogP contribution is -2.44. The summed E-state index contributed by atoms with van der Waals surface area (Å²) in [6, 6.07) is 14.4. The molecule has 3 rings (SSSR count). The molecule has 1 aliphatic carbocycles. The summed E-state index contributed by atoms with van der Waals surface area (Å²) in [5.74, 6) is -2.17. The van der Waals surface area contributed by atoms with E-state index in [9.17, 15) is 19.5 Å². The molecule has 2 aromatic rings. The Bertz CT molecular complexity index is 917. The second-order valence-corrected chi connectivity index (χ2v) is 8.15. The molecule has 0 radical (unpaired) electrons. The van der Waals surface area contributed by atoms with Crippen LogP contribution in [0, 0.1) is 0 Å². The van der Waals surface area contributed by atoms with E-state index in [0.29, 0.717) is 0 Å². The van der Waals surface area contributed by atoms with Gasteiger partial charge in [0.05, 0.1) is 6.42 Å². The van der Waals surface area contributed by atoms with Crippen LogP contribution in [0.1, 0.15) is 44.2 Å². The summed E-state index contributed by atoms with van der Waals surface area (Å²) >= 11 is 0. The number of esters is 1. The first-order valence-corrected chi connectivity index (χ1v) is 9.72. The van der Waals surface area contributed by atoms with E-state index in [0.717, 1.165) is 22.3 Å². The van der Waals surface area contributed by atoms with E-state index >= 15 is 0 Å². The van der Waals surface area contributed by atoms with Crippen molar-refractivity contribution in [2.45, 2.75) is 44.8 Å². The van der Waals surface area contributed by atoms with E-state index in [2.05, 4.69) is 5.32 Å². The molecule has 0 saturated carbocycles. The summed E-state index contributed by atoms with van der Waals surface area (Å²) in [6.45, 7) is 5.07. The Morgan fingerprint density at radius 2 is 1.53 bits per heavy atom. The Labute approximate surface area is 175 Å². The minimum atomic E-state index is -1.43. The van der Waals surface area contributed by atoms with Crippen LogP contribution in [-0.2, 0) is 19.1 Å². The molecule has 0 saturated heterocycles. The smallest absolute Gasteiger partial charge is 0.408 e. The number of carbonyl (C=O) groups is 3. The summed E-state index contributed by atoms with van der Waals surface area (Å²) in [5.41, 5.74) is 3.55. The largest absolute Gasteiger partial charge is 0.480 e. The molecule has 0 spiro atoms. The number of nitrogens with one attached hydrogen (secondary N) is 1. The number of aliphatic carboxylic acids is 1. The van der Waals surface area contributed by atoms with E-state index < -0.39 is 36.1 Å². The molecule has 0 fully saturated rings. The van der Waals surface area contributed by atoms with Gasteiger partial charge in [-0.2, -0.15) is 0 Å². The summed E-state index contributed by atoms with van der Waals surface area (Å²) in [6.07, 6.45) is -1.40. The maximum Gasteiger partial charge on any atom is 0.408 e. The third-order valence-corrected chi connectivity index (χ3v) is 4.73. The lowest BCUT2D eigenvalue weighted by Gasteiger charge is -2.22. The minimum Gasteiger partial charge on any atom is -0.480 e. The summed E-state index contributed by atoms with van der Waals surface area (Å²) in [5, 5.41) is 11.5. The van der Waals surface area contributed by atoms with Crippen LogP contribution in [0.25, 0.3) is 11.1 Å². The van der Waals surface area contributed by atoms with E-state index in [1.165, 1.54) is 0 Å². The number of amides is 1. The highest BCUT2D eigenvalue weighted by molar-refractivity contribution is 5.85. The highest BCUT2D eigenvalue weighted by Gasteiger charge is 2.31. The first-order chi connectivity index (χ1) is 14.2. The average Bonchev–Trinajstić information content (AvgIpc) is 2.98. The Balaban J connectivity index is 1.64. The van der Waals surface area contributed by atoms with Crippen LogP contribution in [0.5, 0.6) is 0 Å². The van der Waals surface area contributed by atoms with E-state index in [4.69, 9.17) is 9.47 Å². The fraction of sp³-hybridized carbons (Fsp3) is 0.348. The van der Waals surface area contributed by atoms with Crippen LogP contribution in [0.2, 0.25) is 0 Å². The van der Waals surface area contributed by atoms with Gasteiger partial charge in [-0.1, -0.05) is 48.5 Å². The monoisotopic (exact) mass is 411 g/mol. The number of alkyl carbamates (subject to hydrolysis) is 1. The highest BCUT2D eigenvalue weighted by Crippen LogP contribution is 2.44. The predicted molar refractivity (Wildman–Crippen MR) is 110 cm³/mol. The third-order valence-electron chi connectivity index (χ3n) is 4.73. The van der Waals surface area contributed by atoms with Crippen molar-refractivity contribution in [1.82, 2.24) is 5.32 Å². The predicted octanol–water partition coefficient (Wildman–Crippen LogP) is 3.71. The van der Waals surface area contributed by atoms with Gasteiger partial charge < -0.3 is 19.9 Å². The Morgan fingerprint density at radius 3 is 2.03 bits per heavy atom. The molecular formula is C23H25NO6. The molecule has 0 aliphatic heterocycles. The highest BCUT2D eigenvalue weighted by atomic mass is 16.6. The first kappa shape index (κ1) is 21.4. The molecular weight excluding hydrogens is 386 g/mol. The number of hydrogen-bond donors (Lipinski definition) is 2. The molecule has 1 amide bonds. The van der Waals surface area contributed by atoms with E-state index in [-0.39, 0.29) is 12.5 Å². The zero-order chi connectivity index (χ0) is 21.9. The lowest BCUT2D eigenvalue weighted by atomic mass is 9.98. The number of carboxylic acid groups (broad SMARTS) is 1. The molecule has 0 unspecified atom stereocenters. The lowest BCUT2D eigenvalue weighted by molar-refractivity contribution is -0.149. The van der Waals surface area contributed by atoms with Crippen molar-refractivity contribution >= 4 is 18.0 Å². The van der Waals surface area contributed by atoms with Crippen molar-refractivity contribution in [2.75, 3.05) is 6.61 Å². The third kappa shape index (κ3) is 4.97. The van der Waals surface area contributed by atoms with Crippen LogP contribution in [-0.4, -0.2) is 41.4 Å². The zero-order valence-electron chi connectivity index (χ0n) is 17.2. The van der Waals surface area contributed by atoms with Crippen molar-refractivity contribution in [2.24, 2.45) is 0 Å². The first-order valence-electron chi connectivity index (χ1n) is 9.72. The number of benzene rings is 2. The van der Waals surface area contributed by atoms with Crippen LogP contribution >= 0.6 is 0 Å². The van der Waals surface area contributed by atoms with Crippen molar-refractivity contribution in [3.63, 3.8) is 0 Å². The number of ether oxygens (including phenoxy) is 2. The second-order valence-electron chi connectivity index (χ2n) is 8.15. The van der Waals surface area contributed by atoms with Crippen molar-refractivity contribution in [3.05, 3.63) is 59.7 Å². The summed E-state index contributed by atoms with van der Waals surface area (Å²) in [7, 11) is 0. The number of rotatable bonds is 6. The molecule has 0 bridgehead atoms. The van der Waals surface area contributed by atoms with Gasteiger partial charge in [0.15, 0.2) is 0 Å². The van der Waals surface area contributed by atoms with Crippen LogP contribution in [0.3, 0.4) is 0 Å². The Morgan fingerprint density at radius 1 is 1.00 bits per heavy atom. The molecule has 1 aliphatic rings. The van der Waals surface area contributed by atoms with Crippen LogP contribution < -0.4 is 5.32 Å². The quantitative estimate of drug-likeness (QED) is 0.703. The van der Waals surface area contributed by atoms with Gasteiger partial charge >= 0.3 is 18.0 Å². The van der Waals surface area contributed by atoms with Gasteiger partial charge in [0, 0.05) is 5.92 Å². The molecule has 158 valence electrons. The van der Waals surface area contributed by atoms with Crippen molar-refractivity contribution < 1.29 is 29.0 Å². The van der Waals surface area contributed by atoms with Gasteiger partial charge in [-0.05, 0) is 43.0 Å². The molecule has 7 nitrogen and oxygen atoms in total. The van der Waals surface area contributed by atoms with Crippen molar-refractivity contribution in [1.29, 1.82) is 0 Å². The number of fused-ring (bicyclic) bond motifs is 3.